The molecule has 3 aromatic rings. The zero-order valence-electron chi connectivity index (χ0n) is 15.1. The minimum atomic E-state index is 0.309. The molecule has 0 radical (unpaired) electrons. The molecule has 1 aromatic carbocycles. The minimum absolute atomic E-state index is 0.309. The summed E-state index contributed by atoms with van der Waals surface area (Å²) in [6, 6.07) is 11.0. The molecule has 3 heterocycles. The molecule has 1 aliphatic heterocycles. The van der Waals surface area contributed by atoms with Gasteiger partial charge in [0, 0.05) is 67.5 Å². The van der Waals surface area contributed by atoms with Crippen LogP contribution in [-0.2, 0) is 19.5 Å². The molecule has 2 N–H and O–H groups in total. The first-order valence-electron chi connectivity index (χ1n) is 9.06. The second-order valence-electron chi connectivity index (χ2n) is 7.26. The van der Waals surface area contributed by atoms with Crippen LogP contribution in [0.2, 0.25) is 0 Å². The highest BCUT2D eigenvalue weighted by molar-refractivity contribution is 5.86. The summed E-state index contributed by atoms with van der Waals surface area (Å²) in [7, 11) is 2.21. The average Bonchev–Trinajstić information content (AvgIpc) is 2.92. The second-order valence-corrected chi connectivity index (χ2v) is 7.26. The monoisotopic (exact) mass is 334 g/mol. The predicted octanol–water partition coefficient (Wildman–Crippen LogP) is 3.08. The van der Waals surface area contributed by atoms with E-state index in [1.54, 1.807) is 0 Å². The molecule has 1 aliphatic rings. The molecule has 0 fully saturated rings. The van der Waals surface area contributed by atoms with Gasteiger partial charge < -0.3 is 15.2 Å². The maximum atomic E-state index is 6.15. The fraction of sp³-hybridized carbons (Fsp3) is 0.381. The molecule has 0 spiro atoms. The summed E-state index contributed by atoms with van der Waals surface area (Å²) in [5, 5.41) is 1.41. The Bertz CT molecular complexity index is 882. The van der Waals surface area contributed by atoms with Crippen molar-refractivity contribution in [2.24, 2.45) is 5.73 Å². The highest BCUT2D eigenvalue weighted by Gasteiger charge is 2.24. The summed E-state index contributed by atoms with van der Waals surface area (Å²) < 4.78 is 2.52. The quantitative estimate of drug-likeness (QED) is 0.797. The molecule has 0 aliphatic carbocycles. The van der Waals surface area contributed by atoms with E-state index in [1.807, 2.05) is 12.4 Å². The first-order valence-corrected chi connectivity index (χ1v) is 9.06. The summed E-state index contributed by atoms with van der Waals surface area (Å²) in [5.74, 6) is 0.309. The van der Waals surface area contributed by atoms with Crippen LogP contribution in [0.5, 0.6) is 0 Å². The molecule has 0 saturated heterocycles. The molecular weight excluding hydrogens is 308 g/mol. The van der Waals surface area contributed by atoms with Crippen LogP contribution in [0.1, 0.15) is 28.3 Å². The van der Waals surface area contributed by atoms with Gasteiger partial charge >= 0.3 is 0 Å². The third-order valence-corrected chi connectivity index (χ3v) is 5.47. The lowest BCUT2D eigenvalue weighted by molar-refractivity contribution is 0.308. The number of aromatic nitrogens is 2. The third-order valence-electron chi connectivity index (χ3n) is 5.47. The van der Waals surface area contributed by atoms with Crippen molar-refractivity contribution in [2.45, 2.75) is 32.4 Å². The number of likely N-dealkylation sites (N-methyl/N-ethyl adjacent to an activating group) is 1. The lowest BCUT2D eigenvalue weighted by Crippen LogP contribution is -2.28. The van der Waals surface area contributed by atoms with E-state index in [9.17, 15) is 0 Å². The molecule has 4 nitrogen and oxygen atoms in total. The van der Waals surface area contributed by atoms with Gasteiger partial charge in [-0.25, -0.2) is 0 Å². The van der Waals surface area contributed by atoms with Crippen LogP contribution < -0.4 is 5.73 Å². The molecule has 2 aromatic heterocycles. The highest BCUT2D eigenvalue weighted by atomic mass is 15.1. The van der Waals surface area contributed by atoms with Gasteiger partial charge in [0.1, 0.15) is 0 Å². The van der Waals surface area contributed by atoms with Crippen LogP contribution in [-0.4, -0.2) is 34.6 Å². The van der Waals surface area contributed by atoms with Crippen LogP contribution >= 0.6 is 0 Å². The van der Waals surface area contributed by atoms with Gasteiger partial charge in [0.05, 0.1) is 0 Å². The van der Waals surface area contributed by atoms with Crippen molar-refractivity contribution in [2.75, 3.05) is 20.1 Å². The number of hydrogen-bond acceptors (Lipinski definition) is 3. The van der Waals surface area contributed by atoms with E-state index in [2.05, 4.69) is 58.8 Å². The van der Waals surface area contributed by atoms with E-state index in [0.717, 1.165) is 26.1 Å². The van der Waals surface area contributed by atoms with Gasteiger partial charge in [-0.2, -0.15) is 0 Å². The van der Waals surface area contributed by atoms with Crippen molar-refractivity contribution in [3.8, 4) is 0 Å². The van der Waals surface area contributed by atoms with E-state index in [1.165, 1.54) is 33.3 Å². The normalized spacial score (nSPS) is 16.1. The van der Waals surface area contributed by atoms with Gasteiger partial charge in [-0.1, -0.05) is 11.6 Å². The number of rotatable bonds is 4. The molecular formula is C21H26N4. The number of aryl methyl sites for hydroxylation is 1. The summed E-state index contributed by atoms with van der Waals surface area (Å²) in [5.41, 5.74) is 13.1. The van der Waals surface area contributed by atoms with Crippen molar-refractivity contribution in [1.82, 2.24) is 14.5 Å². The SMILES string of the molecule is Cc1ccc2c(c1)c1c(n2CC(CN)c2ccncc2)CCN(C)C1. The summed E-state index contributed by atoms with van der Waals surface area (Å²) in [6.07, 6.45) is 4.83. The van der Waals surface area contributed by atoms with Gasteiger partial charge in [0.15, 0.2) is 0 Å². The molecule has 1 unspecified atom stereocenters. The highest BCUT2D eigenvalue weighted by Crippen LogP contribution is 2.33. The Labute approximate surface area is 149 Å². The molecule has 4 heteroatoms. The van der Waals surface area contributed by atoms with Gasteiger partial charge in [-0.3, -0.25) is 4.98 Å². The van der Waals surface area contributed by atoms with Crippen LogP contribution in [0.25, 0.3) is 10.9 Å². The predicted molar refractivity (Wildman–Crippen MR) is 103 cm³/mol. The third kappa shape index (κ3) is 2.96. The smallest absolute Gasteiger partial charge is 0.0486 e. The van der Waals surface area contributed by atoms with E-state index in [4.69, 9.17) is 5.73 Å². The van der Waals surface area contributed by atoms with E-state index >= 15 is 0 Å². The first-order chi connectivity index (χ1) is 12.2. The lowest BCUT2D eigenvalue weighted by Gasteiger charge is -2.25. The topological polar surface area (TPSA) is 47.1 Å². The molecule has 25 heavy (non-hydrogen) atoms. The molecule has 130 valence electrons. The number of hydrogen-bond donors (Lipinski definition) is 1. The van der Waals surface area contributed by atoms with Crippen molar-refractivity contribution in [3.05, 3.63) is 65.1 Å². The van der Waals surface area contributed by atoms with Crippen molar-refractivity contribution >= 4 is 10.9 Å². The lowest BCUT2D eigenvalue weighted by atomic mass is 10.00. The van der Waals surface area contributed by atoms with Gasteiger partial charge in [-0.05, 0) is 49.4 Å². The van der Waals surface area contributed by atoms with Crippen LogP contribution in [0, 0.1) is 6.92 Å². The van der Waals surface area contributed by atoms with Gasteiger partial charge in [0.2, 0.25) is 0 Å². The number of pyridine rings is 1. The number of fused-ring (bicyclic) bond motifs is 3. The Morgan fingerprint density at radius 2 is 2.00 bits per heavy atom. The Morgan fingerprint density at radius 3 is 2.76 bits per heavy atom. The van der Waals surface area contributed by atoms with E-state index in [-0.39, 0.29) is 0 Å². The fourth-order valence-corrected chi connectivity index (χ4v) is 4.08. The fourth-order valence-electron chi connectivity index (χ4n) is 4.08. The van der Waals surface area contributed by atoms with Gasteiger partial charge in [-0.15, -0.1) is 0 Å². The largest absolute Gasteiger partial charge is 0.344 e. The molecule has 4 rings (SSSR count). The second kappa shape index (κ2) is 6.62. The minimum Gasteiger partial charge on any atom is -0.344 e. The summed E-state index contributed by atoms with van der Waals surface area (Å²) in [6.45, 7) is 5.90. The molecule has 0 saturated carbocycles. The first kappa shape index (κ1) is 16.3. The standard InChI is InChI=1S/C21H26N4/c1-15-3-4-20-18(11-15)19-14-24(2)10-7-21(19)25(20)13-17(12-22)16-5-8-23-9-6-16/h3-6,8-9,11,17H,7,10,12-14,22H2,1-2H3. The average molecular weight is 334 g/mol. The number of nitrogens with two attached hydrogens (primary N) is 1. The zero-order valence-corrected chi connectivity index (χ0v) is 15.1. The number of benzene rings is 1. The van der Waals surface area contributed by atoms with Crippen molar-refractivity contribution in [3.63, 3.8) is 0 Å². The van der Waals surface area contributed by atoms with Crippen LogP contribution in [0.4, 0.5) is 0 Å². The van der Waals surface area contributed by atoms with Crippen LogP contribution in [0.3, 0.4) is 0 Å². The summed E-state index contributed by atoms with van der Waals surface area (Å²) in [4.78, 5) is 6.56. The molecule has 0 bridgehead atoms. The van der Waals surface area contributed by atoms with E-state index < -0.39 is 0 Å². The van der Waals surface area contributed by atoms with E-state index in [0.29, 0.717) is 12.5 Å². The van der Waals surface area contributed by atoms with Crippen molar-refractivity contribution < 1.29 is 0 Å². The summed E-state index contributed by atoms with van der Waals surface area (Å²) >= 11 is 0. The number of nitrogens with zero attached hydrogens (tertiary/aromatic N) is 3. The maximum absolute atomic E-state index is 6.15. The Hall–Kier alpha value is -2.17. The maximum Gasteiger partial charge on any atom is 0.0486 e. The Balaban J connectivity index is 1.81. The Kier molecular flexibility index (Phi) is 4.32. The zero-order chi connectivity index (χ0) is 17.4. The Morgan fingerprint density at radius 1 is 1.20 bits per heavy atom. The van der Waals surface area contributed by atoms with Crippen molar-refractivity contribution in [1.29, 1.82) is 0 Å². The van der Waals surface area contributed by atoms with Gasteiger partial charge in [0.25, 0.3) is 0 Å². The van der Waals surface area contributed by atoms with Crippen LogP contribution in [0.15, 0.2) is 42.7 Å². The molecule has 0 amide bonds. The molecule has 1 atom stereocenters.